The minimum atomic E-state index is -3.91. The zero-order valence-corrected chi connectivity index (χ0v) is 12.3. The average Bonchev–Trinajstić information content (AvgIpc) is 2.34. The lowest BCUT2D eigenvalue weighted by Crippen LogP contribution is -2.25. The molecule has 1 atom stereocenters. The number of nitrogens with one attached hydrogen (secondary N) is 1. The molecule has 0 radical (unpaired) electrons. The van der Waals surface area contributed by atoms with E-state index in [9.17, 15) is 18.5 Å². The maximum atomic E-state index is 12.0. The fraction of sp³-hybridized carbons (Fsp3) is 0.455. The molecule has 0 amide bonds. The molecule has 2 N–H and O–H groups in total. The number of nitrogens with zero attached hydrogens (tertiary/aromatic N) is 1. The van der Waals surface area contributed by atoms with E-state index in [2.05, 4.69) is 4.72 Å². The molecule has 0 aliphatic carbocycles. The summed E-state index contributed by atoms with van der Waals surface area (Å²) >= 11 is 5.77. The molecule has 7 nitrogen and oxygen atoms in total. The van der Waals surface area contributed by atoms with E-state index in [0.717, 1.165) is 12.1 Å². The quantitative estimate of drug-likeness (QED) is 0.451. The van der Waals surface area contributed by atoms with E-state index in [4.69, 9.17) is 16.7 Å². The summed E-state index contributed by atoms with van der Waals surface area (Å²) in [6.45, 7) is 1.72. The van der Waals surface area contributed by atoms with E-state index in [1.165, 1.54) is 6.07 Å². The first-order valence-corrected chi connectivity index (χ1v) is 7.72. The van der Waals surface area contributed by atoms with Gasteiger partial charge in [-0.2, -0.15) is 0 Å². The molecular formula is C11H15ClN2O5S. The third-order valence-corrected chi connectivity index (χ3v) is 4.45. The van der Waals surface area contributed by atoms with Crippen molar-refractivity contribution in [2.24, 2.45) is 0 Å². The zero-order valence-electron chi connectivity index (χ0n) is 10.7. The number of halogens is 1. The van der Waals surface area contributed by atoms with E-state index < -0.39 is 21.1 Å². The van der Waals surface area contributed by atoms with Gasteiger partial charge in [0.1, 0.15) is 4.90 Å². The van der Waals surface area contributed by atoms with Crippen LogP contribution in [-0.2, 0) is 10.0 Å². The highest BCUT2D eigenvalue weighted by Crippen LogP contribution is 2.25. The summed E-state index contributed by atoms with van der Waals surface area (Å²) in [6.07, 6.45) is 0.384. The number of aliphatic hydroxyl groups is 1. The molecule has 9 heteroatoms. The number of non-ortho nitro benzene ring substituents is 1. The Morgan fingerprint density at radius 2 is 2.15 bits per heavy atom. The Balaban J connectivity index is 2.86. The number of hydrogen-bond donors (Lipinski definition) is 2. The molecule has 0 saturated heterocycles. The van der Waals surface area contributed by atoms with Gasteiger partial charge in [0.15, 0.2) is 0 Å². The largest absolute Gasteiger partial charge is 0.393 e. The highest BCUT2D eigenvalue weighted by Gasteiger charge is 2.21. The number of hydrogen-bond acceptors (Lipinski definition) is 5. The van der Waals surface area contributed by atoms with Gasteiger partial charge in [-0.1, -0.05) is 11.6 Å². The Bertz CT molecular complexity index is 588. The van der Waals surface area contributed by atoms with Crippen LogP contribution in [0.25, 0.3) is 0 Å². The van der Waals surface area contributed by atoms with Crippen molar-refractivity contribution in [2.45, 2.75) is 30.8 Å². The molecule has 112 valence electrons. The highest BCUT2D eigenvalue weighted by molar-refractivity contribution is 7.89. The molecule has 1 unspecified atom stereocenters. The fourth-order valence-electron chi connectivity index (χ4n) is 1.49. The van der Waals surface area contributed by atoms with E-state index in [1.807, 2.05) is 0 Å². The Labute approximate surface area is 121 Å². The van der Waals surface area contributed by atoms with Gasteiger partial charge < -0.3 is 5.11 Å². The van der Waals surface area contributed by atoms with Crippen LogP contribution in [0.2, 0.25) is 5.02 Å². The van der Waals surface area contributed by atoms with Gasteiger partial charge in [0.25, 0.3) is 5.69 Å². The number of rotatable bonds is 7. The normalized spacial score (nSPS) is 13.2. The number of nitro groups is 1. The smallest absolute Gasteiger partial charge is 0.270 e. The summed E-state index contributed by atoms with van der Waals surface area (Å²) in [7, 11) is -3.91. The van der Waals surface area contributed by atoms with Crippen molar-refractivity contribution in [3.05, 3.63) is 33.3 Å². The molecule has 1 rings (SSSR count). The highest BCUT2D eigenvalue weighted by atomic mass is 35.5. The average molecular weight is 323 g/mol. The lowest BCUT2D eigenvalue weighted by molar-refractivity contribution is -0.385. The number of nitro benzene ring substituents is 1. The second-order valence-corrected chi connectivity index (χ2v) is 6.40. The molecule has 0 bridgehead atoms. The first-order valence-electron chi connectivity index (χ1n) is 5.85. The molecule has 1 aromatic carbocycles. The van der Waals surface area contributed by atoms with E-state index in [0.29, 0.717) is 12.8 Å². The molecule has 0 heterocycles. The summed E-state index contributed by atoms with van der Waals surface area (Å²) in [4.78, 5) is 9.63. The van der Waals surface area contributed by atoms with Crippen molar-refractivity contribution in [3.8, 4) is 0 Å². The minimum Gasteiger partial charge on any atom is -0.393 e. The fourth-order valence-corrected chi connectivity index (χ4v) is 3.08. The Morgan fingerprint density at radius 1 is 1.50 bits per heavy atom. The van der Waals surface area contributed by atoms with Crippen LogP contribution in [0.5, 0.6) is 0 Å². The Morgan fingerprint density at radius 3 is 2.70 bits per heavy atom. The summed E-state index contributed by atoms with van der Waals surface area (Å²) < 4.78 is 26.3. The van der Waals surface area contributed by atoms with E-state index >= 15 is 0 Å². The standard InChI is InChI=1S/C11H15ClN2O5S/c1-8(15)3-2-6-13-20(18,19)11-7-9(14(16)17)4-5-10(11)12/h4-5,7-8,13,15H,2-3,6H2,1H3. The molecule has 20 heavy (non-hydrogen) atoms. The van der Waals surface area contributed by atoms with Crippen LogP contribution in [0.4, 0.5) is 5.69 Å². The molecule has 0 spiro atoms. The van der Waals surface area contributed by atoms with Gasteiger partial charge in [0.2, 0.25) is 10.0 Å². The van der Waals surface area contributed by atoms with Crippen LogP contribution >= 0.6 is 11.6 Å². The molecule has 0 aliphatic heterocycles. The minimum absolute atomic E-state index is 0.0846. The number of sulfonamides is 1. The Hall–Kier alpha value is -1.22. The second-order valence-electron chi connectivity index (χ2n) is 4.26. The Kier molecular flexibility index (Phi) is 5.88. The molecule has 0 aliphatic rings. The van der Waals surface area contributed by atoms with Crippen LogP contribution in [0.1, 0.15) is 19.8 Å². The van der Waals surface area contributed by atoms with Gasteiger partial charge in [0.05, 0.1) is 16.0 Å². The van der Waals surface area contributed by atoms with Gasteiger partial charge in [-0.25, -0.2) is 13.1 Å². The predicted molar refractivity (Wildman–Crippen MR) is 74.2 cm³/mol. The predicted octanol–water partition coefficient (Wildman–Crippen LogP) is 1.69. The van der Waals surface area contributed by atoms with E-state index in [1.54, 1.807) is 6.92 Å². The maximum Gasteiger partial charge on any atom is 0.270 e. The number of benzene rings is 1. The van der Waals surface area contributed by atoms with Gasteiger partial charge in [-0.15, -0.1) is 0 Å². The van der Waals surface area contributed by atoms with Crippen molar-refractivity contribution in [3.63, 3.8) is 0 Å². The number of aliphatic hydroxyl groups excluding tert-OH is 1. The molecule has 0 saturated carbocycles. The monoisotopic (exact) mass is 322 g/mol. The van der Waals surface area contributed by atoms with Crippen LogP contribution in [0.3, 0.4) is 0 Å². The summed E-state index contributed by atoms with van der Waals surface area (Å²) in [5, 5.41) is 19.6. The third-order valence-electron chi connectivity index (χ3n) is 2.51. The first-order chi connectivity index (χ1) is 9.24. The van der Waals surface area contributed by atoms with Gasteiger partial charge in [0, 0.05) is 18.7 Å². The molecule has 0 aromatic heterocycles. The van der Waals surface area contributed by atoms with Crippen LogP contribution < -0.4 is 4.72 Å². The van der Waals surface area contributed by atoms with Crippen molar-refractivity contribution in [1.29, 1.82) is 0 Å². The van der Waals surface area contributed by atoms with Crippen molar-refractivity contribution in [2.75, 3.05) is 6.54 Å². The van der Waals surface area contributed by atoms with Gasteiger partial charge >= 0.3 is 0 Å². The molecular weight excluding hydrogens is 308 g/mol. The first kappa shape index (κ1) is 16.8. The molecule has 0 fully saturated rings. The van der Waals surface area contributed by atoms with Crippen molar-refractivity contribution in [1.82, 2.24) is 4.72 Å². The van der Waals surface area contributed by atoms with Crippen LogP contribution in [-0.4, -0.2) is 31.1 Å². The van der Waals surface area contributed by atoms with E-state index in [-0.39, 0.29) is 22.2 Å². The lowest BCUT2D eigenvalue weighted by Gasteiger charge is -2.09. The lowest BCUT2D eigenvalue weighted by atomic mass is 10.2. The topological polar surface area (TPSA) is 110 Å². The van der Waals surface area contributed by atoms with Crippen molar-refractivity contribution < 1.29 is 18.4 Å². The second kappa shape index (κ2) is 6.98. The zero-order chi connectivity index (χ0) is 15.3. The summed E-state index contributed by atoms with van der Waals surface area (Å²) in [5.41, 5.74) is -0.348. The molecule has 1 aromatic rings. The van der Waals surface area contributed by atoms with Gasteiger partial charge in [-0.3, -0.25) is 10.1 Å². The summed E-state index contributed by atoms with van der Waals surface area (Å²) in [6, 6.07) is 3.22. The SMILES string of the molecule is CC(O)CCCNS(=O)(=O)c1cc([N+](=O)[O-])ccc1Cl. The maximum absolute atomic E-state index is 12.0. The van der Waals surface area contributed by atoms with Crippen LogP contribution in [0.15, 0.2) is 23.1 Å². The van der Waals surface area contributed by atoms with Crippen molar-refractivity contribution >= 4 is 27.3 Å². The van der Waals surface area contributed by atoms with Crippen LogP contribution in [0, 0.1) is 10.1 Å². The summed E-state index contributed by atoms with van der Waals surface area (Å²) in [5.74, 6) is 0. The van der Waals surface area contributed by atoms with Gasteiger partial charge in [-0.05, 0) is 25.8 Å². The third kappa shape index (κ3) is 4.71.